The topological polar surface area (TPSA) is 92.5 Å². The number of carboxylic acid groups (broad SMARTS) is 1. The van der Waals surface area contributed by atoms with Gasteiger partial charge in [-0.1, -0.05) is 0 Å². The lowest BCUT2D eigenvalue weighted by molar-refractivity contribution is -0.384. The van der Waals surface area contributed by atoms with Crippen molar-refractivity contribution in [2.45, 2.75) is 12.8 Å². The second kappa shape index (κ2) is 7.63. The molecule has 0 aliphatic rings. The highest BCUT2D eigenvalue weighted by Crippen LogP contribution is 2.22. The molecule has 0 radical (unpaired) electrons. The first-order chi connectivity index (χ1) is 9.06. The maximum atomic E-state index is 11.1. The summed E-state index contributed by atoms with van der Waals surface area (Å²) in [6.45, 7) is 0.651. The molecule has 19 heavy (non-hydrogen) atoms. The first-order valence-electron chi connectivity index (χ1n) is 5.80. The Morgan fingerprint density at radius 2 is 2.21 bits per heavy atom. The van der Waals surface area contributed by atoms with Crippen molar-refractivity contribution in [1.82, 2.24) is 0 Å². The highest BCUT2D eigenvalue weighted by atomic mass is 32.2. The average molecular weight is 284 g/mol. The summed E-state index contributed by atoms with van der Waals surface area (Å²) in [5.41, 5.74) is 0.131. The van der Waals surface area contributed by atoms with Crippen LogP contribution >= 0.6 is 11.8 Å². The molecular weight excluding hydrogens is 268 g/mol. The molecule has 0 bridgehead atoms. The Labute approximate surface area is 115 Å². The molecule has 0 saturated carbocycles. The van der Waals surface area contributed by atoms with Crippen molar-refractivity contribution < 1.29 is 14.8 Å². The van der Waals surface area contributed by atoms with Crippen LogP contribution < -0.4 is 5.32 Å². The summed E-state index contributed by atoms with van der Waals surface area (Å²) >= 11 is 1.76. The van der Waals surface area contributed by atoms with E-state index < -0.39 is 10.9 Å². The number of nitro groups is 1. The zero-order chi connectivity index (χ0) is 14.3. The number of nitrogens with one attached hydrogen (secondary N) is 1. The van der Waals surface area contributed by atoms with Crippen molar-refractivity contribution in [2.24, 2.45) is 0 Å². The fourth-order valence-corrected chi connectivity index (χ4v) is 2.06. The molecular formula is C12H16N2O4S. The SMILES string of the molecule is CSCCCCNc1ccc([N+](=O)[O-])cc1C(=O)O. The van der Waals surface area contributed by atoms with Gasteiger partial charge in [-0.2, -0.15) is 11.8 Å². The summed E-state index contributed by atoms with van der Waals surface area (Å²) in [6.07, 6.45) is 4.01. The lowest BCUT2D eigenvalue weighted by Crippen LogP contribution is -2.08. The number of thioether (sulfide) groups is 1. The minimum absolute atomic E-state index is 0.0703. The number of hydrogen-bond donors (Lipinski definition) is 2. The van der Waals surface area contributed by atoms with Crippen molar-refractivity contribution in [3.63, 3.8) is 0 Å². The van der Waals surface area contributed by atoms with Gasteiger partial charge >= 0.3 is 5.97 Å². The van der Waals surface area contributed by atoms with Gasteiger partial charge in [0.1, 0.15) is 0 Å². The van der Waals surface area contributed by atoms with Gasteiger partial charge < -0.3 is 10.4 Å². The quantitative estimate of drug-likeness (QED) is 0.433. The average Bonchev–Trinajstić information content (AvgIpc) is 2.38. The molecule has 0 aliphatic carbocycles. The van der Waals surface area contributed by atoms with E-state index in [-0.39, 0.29) is 11.3 Å². The predicted molar refractivity (Wildman–Crippen MR) is 76.2 cm³/mol. The van der Waals surface area contributed by atoms with Crippen molar-refractivity contribution in [1.29, 1.82) is 0 Å². The second-order valence-corrected chi connectivity index (χ2v) is 4.90. The van der Waals surface area contributed by atoms with Gasteiger partial charge in [0, 0.05) is 24.4 Å². The van der Waals surface area contributed by atoms with Crippen LogP contribution in [-0.2, 0) is 0 Å². The van der Waals surface area contributed by atoms with Crippen LogP contribution in [0.1, 0.15) is 23.2 Å². The minimum atomic E-state index is -1.17. The van der Waals surface area contributed by atoms with Crippen LogP contribution in [0.15, 0.2) is 18.2 Å². The third kappa shape index (κ3) is 4.78. The number of rotatable bonds is 8. The molecule has 0 heterocycles. The molecule has 0 amide bonds. The summed E-state index contributed by atoms with van der Waals surface area (Å²) in [4.78, 5) is 21.1. The number of carboxylic acids is 1. The normalized spacial score (nSPS) is 10.2. The number of carbonyl (C=O) groups is 1. The van der Waals surface area contributed by atoms with Crippen molar-refractivity contribution in [3.05, 3.63) is 33.9 Å². The lowest BCUT2D eigenvalue weighted by Gasteiger charge is -2.09. The molecule has 0 aliphatic heterocycles. The Balaban J connectivity index is 2.71. The van der Waals surface area contributed by atoms with Crippen LogP contribution in [0.5, 0.6) is 0 Å². The van der Waals surface area contributed by atoms with E-state index in [9.17, 15) is 14.9 Å². The maximum Gasteiger partial charge on any atom is 0.338 e. The van der Waals surface area contributed by atoms with Crippen LogP contribution in [0.25, 0.3) is 0 Å². The molecule has 7 heteroatoms. The first kappa shape index (κ1) is 15.3. The third-order valence-electron chi connectivity index (χ3n) is 2.54. The second-order valence-electron chi connectivity index (χ2n) is 3.92. The van der Waals surface area contributed by atoms with E-state index in [0.29, 0.717) is 12.2 Å². The number of benzene rings is 1. The Hall–Kier alpha value is -1.76. The summed E-state index contributed by atoms with van der Waals surface area (Å²) in [5, 5.41) is 22.7. The zero-order valence-electron chi connectivity index (χ0n) is 10.6. The molecule has 6 nitrogen and oxygen atoms in total. The lowest BCUT2D eigenvalue weighted by atomic mass is 10.1. The number of nitro benzene ring substituents is 1. The molecule has 104 valence electrons. The van der Waals surface area contributed by atoms with Gasteiger partial charge in [-0.3, -0.25) is 10.1 Å². The van der Waals surface area contributed by atoms with Crippen molar-refractivity contribution in [2.75, 3.05) is 23.9 Å². The van der Waals surface area contributed by atoms with E-state index in [2.05, 4.69) is 5.32 Å². The minimum Gasteiger partial charge on any atom is -0.478 e. The number of non-ortho nitro benzene ring substituents is 1. The van der Waals surface area contributed by atoms with Gasteiger partial charge in [0.05, 0.1) is 10.5 Å². The van der Waals surface area contributed by atoms with Crippen molar-refractivity contribution in [3.8, 4) is 0 Å². The molecule has 1 aromatic rings. The summed E-state index contributed by atoms with van der Waals surface area (Å²) < 4.78 is 0. The van der Waals surface area contributed by atoms with Crippen LogP contribution in [-0.4, -0.2) is 34.6 Å². The predicted octanol–water partition coefficient (Wildman–Crippen LogP) is 2.85. The van der Waals surface area contributed by atoms with Gasteiger partial charge in [-0.05, 0) is 30.9 Å². The molecule has 1 aromatic carbocycles. The molecule has 0 saturated heterocycles. The number of anilines is 1. The molecule has 0 fully saturated rings. The number of unbranched alkanes of at least 4 members (excludes halogenated alkanes) is 1. The molecule has 0 unspecified atom stereocenters. The first-order valence-corrected chi connectivity index (χ1v) is 7.20. The van der Waals surface area contributed by atoms with E-state index in [1.165, 1.54) is 12.1 Å². The molecule has 1 rings (SSSR count). The van der Waals surface area contributed by atoms with E-state index in [4.69, 9.17) is 5.11 Å². The van der Waals surface area contributed by atoms with E-state index in [1.54, 1.807) is 11.8 Å². The van der Waals surface area contributed by atoms with Crippen LogP contribution in [0.3, 0.4) is 0 Å². The molecule has 0 spiro atoms. The Kier molecular flexibility index (Phi) is 6.14. The fraction of sp³-hybridized carbons (Fsp3) is 0.417. The van der Waals surface area contributed by atoms with Crippen LogP contribution in [0, 0.1) is 10.1 Å². The highest BCUT2D eigenvalue weighted by Gasteiger charge is 2.15. The number of hydrogen-bond acceptors (Lipinski definition) is 5. The molecule has 2 N–H and O–H groups in total. The zero-order valence-corrected chi connectivity index (χ0v) is 11.4. The summed E-state index contributed by atoms with van der Waals surface area (Å²) in [6, 6.07) is 3.82. The third-order valence-corrected chi connectivity index (χ3v) is 3.23. The fourth-order valence-electron chi connectivity index (χ4n) is 1.57. The highest BCUT2D eigenvalue weighted by molar-refractivity contribution is 7.98. The van der Waals surface area contributed by atoms with Crippen LogP contribution in [0.2, 0.25) is 0 Å². The van der Waals surface area contributed by atoms with Gasteiger partial charge in [0.25, 0.3) is 5.69 Å². The van der Waals surface area contributed by atoms with E-state index in [1.807, 2.05) is 6.26 Å². The Bertz CT molecular complexity index is 465. The summed E-state index contributed by atoms with van der Waals surface area (Å²) in [7, 11) is 0. The van der Waals surface area contributed by atoms with E-state index in [0.717, 1.165) is 24.7 Å². The van der Waals surface area contributed by atoms with Crippen molar-refractivity contribution >= 4 is 29.1 Å². The largest absolute Gasteiger partial charge is 0.478 e. The van der Waals surface area contributed by atoms with Crippen LogP contribution in [0.4, 0.5) is 11.4 Å². The monoisotopic (exact) mass is 284 g/mol. The number of nitrogens with zero attached hydrogens (tertiary/aromatic N) is 1. The number of aromatic carboxylic acids is 1. The van der Waals surface area contributed by atoms with Gasteiger partial charge in [0.15, 0.2) is 0 Å². The van der Waals surface area contributed by atoms with Gasteiger partial charge in [-0.15, -0.1) is 0 Å². The van der Waals surface area contributed by atoms with E-state index >= 15 is 0 Å². The maximum absolute atomic E-state index is 11.1. The van der Waals surface area contributed by atoms with Gasteiger partial charge in [-0.25, -0.2) is 4.79 Å². The van der Waals surface area contributed by atoms with Gasteiger partial charge in [0.2, 0.25) is 0 Å². The Morgan fingerprint density at radius 3 is 2.79 bits per heavy atom. The summed E-state index contributed by atoms with van der Waals surface area (Å²) in [5.74, 6) is -0.108. The Morgan fingerprint density at radius 1 is 1.47 bits per heavy atom. The smallest absolute Gasteiger partial charge is 0.338 e. The standard InChI is InChI=1S/C12H16N2O4S/c1-19-7-3-2-6-13-11-5-4-9(14(17)18)8-10(11)12(15)16/h4-5,8,13H,2-3,6-7H2,1H3,(H,15,16). The molecule has 0 aromatic heterocycles. The molecule has 0 atom stereocenters.